The van der Waals surface area contributed by atoms with E-state index in [9.17, 15) is 10.1 Å². The Morgan fingerprint density at radius 1 is 1.43 bits per heavy atom. The molecule has 0 aromatic heterocycles. The normalized spacial score (nSPS) is 22.6. The Morgan fingerprint density at radius 2 is 2.13 bits per heavy atom. The van der Waals surface area contributed by atoms with Gasteiger partial charge in [0.25, 0.3) is 0 Å². The van der Waals surface area contributed by atoms with Gasteiger partial charge in [-0.3, -0.25) is 4.79 Å². The molecule has 0 aliphatic carbocycles. The van der Waals surface area contributed by atoms with E-state index in [1.807, 2.05) is 30.3 Å². The monoisotopic (exact) mass is 315 g/mol. The molecule has 0 bridgehead atoms. The molecule has 1 aromatic rings. The lowest BCUT2D eigenvalue weighted by Gasteiger charge is -2.40. The first-order valence-corrected chi connectivity index (χ1v) is 8.23. The Kier molecular flexibility index (Phi) is 5.79. The highest BCUT2D eigenvalue weighted by molar-refractivity contribution is 5.76. The Bertz CT molecular complexity index is 562. The predicted molar refractivity (Wildman–Crippen MR) is 87.7 cm³/mol. The van der Waals surface area contributed by atoms with Gasteiger partial charge in [0.05, 0.1) is 18.3 Å². The molecule has 0 spiro atoms. The van der Waals surface area contributed by atoms with Gasteiger partial charge < -0.3 is 9.47 Å². The van der Waals surface area contributed by atoms with Gasteiger partial charge in [0.2, 0.25) is 0 Å². The van der Waals surface area contributed by atoms with Crippen LogP contribution in [0.5, 0.6) is 0 Å². The summed E-state index contributed by atoms with van der Waals surface area (Å²) in [7, 11) is 0. The molecule has 0 amide bonds. The average molecular weight is 315 g/mol. The van der Waals surface area contributed by atoms with Crippen molar-refractivity contribution >= 4 is 5.97 Å². The van der Waals surface area contributed by atoms with E-state index in [-0.39, 0.29) is 24.0 Å². The fourth-order valence-corrected chi connectivity index (χ4v) is 3.51. The first-order valence-electron chi connectivity index (χ1n) is 8.23. The van der Waals surface area contributed by atoms with Crippen LogP contribution in [0.3, 0.4) is 0 Å². The Labute approximate surface area is 138 Å². The number of ether oxygens (including phenoxy) is 2. The molecular weight excluding hydrogens is 290 g/mol. The van der Waals surface area contributed by atoms with Crippen LogP contribution in [0.4, 0.5) is 0 Å². The number of rotatable bonds is 5. The molecule has 1 fully saturated rings. The van der Waals surface area contributed by atoms with Crippen molar-refractivity contribution in [3.63, 3.8) is 0 Å². The van der Waals surface area contributed by atoms with Crippen LogP contribution < -0.4 is 0 Å². The summed E-state index contributed by atoms with van der Waals surface area (Å²) in [5.41, 5.74) is 0.791. The minimum absolute atomic E-state index is 0.163. The van der Waals surface area contributed by atoms with Gasteiger partial charge in [0.15, 0.2) is 5.92 Å². The fraction of sp³-hybridized carbons (Fsp3) is 0.579. The molecule has 23 heavy (non-hydrogen) atoms. The van der Waals surface area contributed by atoms with Crippen molar-refractivity contribution < 1.29 is 14.3 Å². The topological polar surface area (TPSA) is 59.3 Å². The van der Waals surface area contributed by atoms with Crippen LogP contribution in [0.1, 0.15) is 45.1 Å². The molecule has 124 valence electrons. The number of benzene rings is 1. The second-order valence-electron chi connectivity index (χ2n) is 6.66. The molecule has 3 atom stereocenters. The van der Waals surface area contributed by atoms with Gasteiger partial charge in [-0.25, -0.2) is 0 Å². The van der Waals surface area contributed by atoms with E-state index in [2.05, 4.69) is 19.9 Å². The minimum atomic E-state index is -0.781. The highest BCUT2D eigenvalue weighted by Gasteiger charge is 2.41. The molecule has 1 aliphatic rings. The summed E-state index contributed by atoms with van der Waals surface area (Å²) in [6.45, 7) is 6.83. The molecule has 1 heterocycles. The second-order valence-corrected chi connectivity index (χ2v) is 6.66. The van der Waals surface area contributed by atoms with Crippen LogP contribution in [0, 0.1) is 23.2 Å². The predicted octanol–water partition coefficient (Wildman–Crippen LogP) is 3.68. The number of hydrogen-bond acceptors (Lipinski definition) is 4. The maximum atomic E-state index is 12.3. The van der Waals surface area contributed by atoms with Crippen LogP contribution in [0.15, 0.2) is 30.3 Å². The molecule has 2 rings (SSSR count). The van der Waals surface area contributed by atoms with E-state index in [0.29, 0.717) is 6.61 Å². The number of nitriles is 1. The summed E-state index contributed by atoms with van der Waals surface area (Å²) >= 11 is 0. The summed E-state index contributed by atoms with van der Waals surface area (Å²) in [5.74, 6) is -1.15. The van der Waals surface area contributed by atoms with Crippen molar-refractivity contribution in [3.05, 3.63) is 35.9 Å². The molecule has 1 aliphatic heterocycles. The molecular formula is C19H25NO3. The van der Waals surface area contributed by atoms with Crippen molar-refractivity contribution in [3.8, 4) is 6.07 Å². The highest BCUT2D eigenvalue weighted by atomic mass is 16.5. The number of esters is 1. The van der Waals surface area contributed by atoms with E-state index in [1.165, 1.54) is 0 Å². The molecule has 0 unspecified atom stereocenters. The second kappa shape index (κ2) is 7.61. The maximum absolute atomic E-state index is 12.3. The number of carbonyl (C=O) groups excluding carboxylic acids is 1. The zero-order valence-electron chi connectivity index (χ0n) is 14.1. The summed E-state index contributed by atoms with van der Waals surface area (Å²) in [6, 6.07) is 12.0. The highest BCUT2D eigenvalue weighted by Crippen LogP contribution is 2.42. The number of nitrogens with zero attached hydrogens (tertiary/aromatic N) is 1. The van der Waals surface area contributed by atoms with Crippen molar-refractivity contribution in [2.75, 3.05) is 13.2 Å². The molecule has 1 saturated heterocycles. The smallest absolute Gasteiger partial charge is 0.323 e. The van der Waals surface area contributed by atoms with Gasteiger partial charge in [0, 0.05) is 12.5 Å². The van der Waals surface area contributed by atoms with Gasteiger partial charge in [0.1, 0.15) is 0 Å². The van der Waals surface area contributed by atoms with Crippen LogP contribution in [-0.4, -0.2) is 24.8 Å². The van der Waals surface area contributed by atoms with Gasteiger partial charge in [-0.15, -0.1) is 0 Å². The third kappa shape index (κ3) is 4.33. The lowest BCUT2D eigenvalue weighted by atomic mass is 9.71. The molecule has 0 saturated carbocycles. The van der Waals surface area contributed by atoms with E-state index in [4.69, 9.17) is 9.47 Å². The van der Waals surface area contributed by atoms with Gasteiger partial charge in [-0.2, -0.15) is 5.26 Å². The Hall–Kier alpha value is -1.86. The third-order valence-electron chi connectivity index (χ3n) is 4.47. The average Bonchev–Trinajstić information content (AvgIpc) is 2.52. The van der Waals surface area contributed by atoms with Crippen molar-refractivity contribution in [2.24, 2.45) is 11.8 Å². The first kappa shape index (κ1) is 17.5. The van der Waals surface area contributed by atoms with E-state index in [1.54, 1.807) is 6.92 Å². The summed E-state index contributed by atoms with van der Waals surface area (Å²) in [4.78, 5) is 12.3. The van der Waals surface area contributed by atoms with Crippen molar-refractivity contribution in [1.82, 2.24) is 0 Å². The lowest BCUT2D eigenvalue weighted by Crippen LogP contribution is -2.39. The van der Waals surface area contributed by atoms with Crippen LogP contribution in [0.25, 0.3) is 0 Å². The molecule has 0 N–H and O–H groups in total. The van der Waals surface area contributed by atoms with Gasteiger partial charge in [-0.1, -0.05) is 30.3 Å². The zero-order chi connectivity index (χ0) is 16.9. The Balaban J connectivity index is 2.36. The third-order valence-corrected chi connectivity index (χ3v) is 4.47. The summed E-state index contributed by atoms with van der Waals surface area (Å²) < 4.78 is 11.0. The minimum Gasteiger partial charge on any atom is -0.465 e. The van der Waals surface area contributed by atoms with E-state index in [0.717, 1.165) is 18.4 Å². The largest absolute Gasteiger partial charge is 0.465 e. The summed E-state index contributed by atoms with van der Waals surface area (Å²) in [6.07, 6.45) is 1.67. The van der Waals surface area contributed by atoms with E-state index < -0.39 is 11.9 Å². The van der Waals surface area contributed by atoms with Crippen molar-refractivity contribution in [2.45, 2.75) is 45.1 Å². The van der Waals surface area contributed by atoms with Gasteiger partial charge >= 0.3 is 5.97 Å². The van der Waals surface area contributed by atoms with Crippen molar-refractivity contribution in [1.29, 1.82) is 5.26 Å². The molecule has 4 heteroatoms. The van der Waals surface area contributed by atoms with Crippen LogP contribution >= 0.6 is 0 Å². The fourth-order valence-electron chi connectivity index (χ4n) is 3.51. The molecule has 4 nitrogen and oxygen atoms in total. The maximum Gasteiger partial charge on any atom is 0.323 e. The lowest BCUT2D eigenvalue weighted by molar-refractivity contribution is -0.148. The number of hydrogen-bond donors (Lipinski definition) is 0. The van der Waals surface area contributed by atoms with Crippen LogP contribution in [0.2, 0.25) is 0 Å². The quantitative estimate of drug-likeness (QED) is 0.778. The summed E-state index contributed by atoms with van der Waals surface area (Å²) in [5, 5.41) is 9.63. The molecule has 1 aromatic carbocycles. The van der Waals surface area contributed by atoms with E-state index >= 15 is 0 Å². The van der Waals surface area contributed by atoms with Gasteiger partial charge in [-0.05, 0) is 45.1 Å². The molecule has 0 radical (unpaired) electrons. The number of carbonyl (C=O) groups is 1. The Morgan fingerprint density at radius 3 is 2.70 bits per heavy atom. The first-order chi connectivity index (χ1) is 11.0. The standard InChI is InChI=1S/C19H25NO3/c1-4-22-18(21)16(13-20)17(14-8-6-5-7-9-14)15-10-11-23-19(2,3)12-15/h5-9,15-17H,4,10-12H2,1-3H3/t15-,16+,17-/m1/s1. The zero-order valence-corrected chi connectivity index (χ0v) is 14.1. The SMILES string of the molecule is CCOC(=O)[C@@H](C#N)[C@H](c1ccccc1)[C@@H]1CCOC(C)(C)C1. The van der Waals surface area contributed by atoms with Crippen LogP contribution in [-0.2, 0) is 14.3 Å².